The predicted molar refractivity (Wildman–Crippen MR) is 277 cm³/mol. The van der Waals surface area contributed by atoms with Crippen LogP contribution in [0, 0.1) is 23.2 Å². The van der Waals surface area contributed by atoms with Gasteiger partial charge in [-0.2, -0.15) is 0 Å². The van der Waals surface area contributed by atoms with E-state index in [1.54, 1.807) is 0 Å². The van der Waals surface area contributed by atoms with Gasteiger partial charge in [0.2, 0.25) is 0 Å². The largest absolute Gasteiger partial charge is 0.491 e. The number of rotatable bonds is 24. The third kappa shape index (κ3) is 12.9. The van der Waals surface area contributed by atoms with Crippen LogP contribution < -0.4 is 14.8 Å². The summed E-state index contributed by atoms with van der Waals surface area (Å²) < 4.78 is 29.2. The Labute approximate surface area is 407 Å². The predicted octanol–water partition coefficient (Wildman–Crippen LogP) is 14.1. The quantitative estimate of drug-likeness (QED) is 0.0554. The minimum absolute atomic E-state index is 0.0843. The number of benzene rings is 4. The molecule has 0 spiro atoms. The molecule has 4 saturated carbocycles. The first-order chi connectivity index (χ1) is 33.0. The van der Waals surface area contributed by atoms with Crippen molar-refractivity contribution >= 4 is 17.2 Å². The maximum Gasteiger partial charge on any atom is 0.312 e. The van der Waals surface area contributed by atoms with E-state index in [0.29, 0.717) is 64.0 Å². The second-order valence-corrected chi connectivity index (χ2v) is 21.0. The van der Waals surface area contributed by atoms with Crippen LogP contribution in [-0.4, -0.2) is 52.2 Å². The number of ether oxygens (including phenoxy) is 5. The maximum absolute atomic E-state index is 13.1. The number of nitrogens with one attached hydrogen (secondary N) is 1. The van der Waals surface area contributed by atoms with Gasteiger partial charge in [0.15, 0.2) is 0 Å². The van der Waals surface area contributed by atoms with Crippen LogP contribution in [0.3, 0.4) is 0 Å². The molecule has 0 amide bonds. The highest BCUT2D eigenvalue weighted by molar-refractivity contribution is 5.78. The molecule has 1 unspecified atom stereocenters. The Morgan fingerprint density at radius 2 is 1.21 bits per heavy atom. The first kappa shape index (κ1) is 49.3. The molecule has 4 aromatic carbocycles. The fourth-order valence-electron chi connectivity index (χ4n) is 11.6. The molecule has 4 fully saturated rings. The number of anilines is 1. The van der Waals surface area contributed by atoms with E-state index in [0.717, 1.165) is 79.2 Å². The lowest BCUT2D eigenvalue weighted by Crippen LogP contribution is -2.50. The van der Waals surface area contributed by atoms with Crippen molar-refractivity contribution in [3.63, 3.8) is 0 Å². The van der Waals surface area contributed by atoms with Gasteiger partial charge >= 0.3 is 5.97 Å². The SMILES string of the molecule is CC(C)c1cc(C(C)C)c(CNc2ccc(C3C=CC=C(c4ccc(OCCOCCOCCOc5ccc(CCCOC(=O)C67CC8CC(CC(C8)C6)C7)cc5)cc4)C=C3)cc2)c(C(C)C)c1. The number of hydrogen-bond donors (Lipinski definition) is 1. The zero-order chi connectivity index (χ0) is 47.5. The van der Waals surface area contributed by atoms with Crippen molar-refractivity contribution in [1.29, 1.82) is 0 Å². The summed E-state index contributed by atoms with van der Waals surface area (Å²) in [7, 11) is 0. The molecule has 5 aliphatic carbocycles. The molecule has 0 aromatic heterocycles. The molecule has 9 rings (SSSR count). The van der Waals surface area contributed by atoms with Gasteiger partial charge in [0.25, 0.3) is 0 Å². The molecule has 0 heterocycles. The van der Waals surface area contributed by atoms with Crippen molar-refractivity contribution in [3.05, 3.63) is 154 Å². The standard InChI is InChI=1S/C61H77NO6/c1-42(2)53-36-57(43(3)4)59(58(37-53)44(5)6)41-62-54-20-16-51(17-21-54)49-10-7-11-50(15-14-49)52-18-24-56(25-19-52)67-32-30-65-28-27-64-29-31-66-55-22-12-45(13-23-55)9-8-26-68-60(63)61-38-46-33-47(39-61)35-48(34-46)40-61/h7,10-25,36-37,42-44,46-49,62H,8-9,26-35,38-41H2,1-6H3. The van der Waals surface area contributed by atoms with Gasteiger partial charge in [-0.25, -0.2) is 0 Å². The molecule has 1 atom stereocenters. The van der Waals surface area contributed by atoms with Crippen LogP contribution in [0.5, 0.6) is 11.5 Å². The van der Waals surface area contributed by atoms with Gasteiger partial charge in [-0.05, 0) is 168 Å². The summed E-state index contributed by atoms with van der Waals surface area (Å²) in [6.45, 7) is 18.1. The lowest BCUT2D eigenvalue weighted by molar-refractivity contribution is -0.171. The topological polar surface area (TPSA) is 75.2 Å². The molecule has 0 radical (unpaired) electrons. The minimum Gasteiger partial charge on any atom is -0.491 e. The fourth-order valence-corrected chi connectivity index (χ4v) is 11.6. The second kappa shape index (κ2) is 23.5. The summed E-state index contributed by atoms with van der Waals surface area (Å²) in [6, 6.07) is 30.2. The van der Waals surface area contributed by atoms with Crippen LogP contribution in [0.4, 0.5) is 5.69 Å². The van der Waals surface area contributed by atoms with Gasteiger partial charge in [0.05, 0.1) is 38.4 Å². The van der Waals surface area contributed by atoms with Crippen LogP contribution in [0.1, 0.15) is 149 Å². The van der Waals surface area contributed by atoms with Crippen molar-refractivity contribution in [2.75, 3.05) is 51.6 Å². The first-order valence-corrected chi connectivity index (χ1v) is 25.9. The van der Waals surface area contributed by atoms with E-state index in [4.69, 9.17) is 23.7 Å². The Hall–Kier alpha value is -5.11. The van der Waals surface area contributed by atoms with E-state index in [-0.39, 0.29) is 17.3 Å². The summed E-state index contributed by atoms with van der Waals surface area (Å²) in [5, 5.41) is 3.75. The van der Waals surface area contributed by atoms with Crippen LogP contribution in [0.25, 0.3) is 5.57 Å². The average molecular weight is 920 g/mol. The van der Waals surface area contributed by atoms with Gasteiger partial charge in [-0.15, -0.1) is 0 Å². The summed E-state index contributed by atoms with van der Waals surface area (Å²) in [5.41, 5.74) is 11.6. The molecule has 5 aliphatic rings. The third-order valence-electron chi connectivity index (χ3n) is 14.9. The number of aryl methyl sites for hydroxylation is 1. The van der Waals surface area contributed by atoms with Gasteiger partial charge in [-0.1, -0.05) is 120 Å². The average Bonchev–Trinajstić information content (AvgIpc) is 3.59. The molecule has 0 saturated heterocycles. The summed E-state index contributed by atoms with van der Waals surface area (Å²) in [6.07, 6.45) is 20.0. The Kier molecular flexibility index (Phi) is 17.0. The molecular formula is C61H77NO6. The first-order valence-electron chi connectivity index (χ1n) is 25.9. The third-order valence-corrected chi connectivity index (χ3v) is 14.9. The Morgan fingerprint density at radius 3 is 1.76 bits per heavy atom. The molecule has 7 nitrogen and oxygen atoms in total. The normalized spacial score (nSPS) is 21.6. The van der Waals surface area contributed by atoms with E-state index in [2.05, 4.69) is 138 Å². The molecule has 0 aliphatic heterocycles. The summed E-state index contributed by atoms with van der Waals surface area (Å²) in [4.78, 5) is 13.1. The zero-order valence-electron chi connectivity index (χ0n) is 41.8. The molecule has 4 aromatic rings. The Balaban J connectivity index is 0.669. The molecule has 362 valence electrons. The van der Waals surface area contributed by atoms with Crippen molar-refractivity contribution in [3.8, 4) is 11.5 Å². The number of hydrogen-bond acceptors (Lipinski definition) is 7. The van der Waals surface area contributed by atoms with Gasteiger partial charge in [-0.3, -0.25) is 4.79 Å². The molecule has 68 heavy (non-hydrogen) atoms. The Bertz CT molecular complexity index is 2270. The maximum atomic E-state index is 13.1. The van der Waals surface area contributed by atoms with Gasteiger partial charge < -0.3 is 29.0 Å². The summed E-state index contributed by atoms with van der Waals surface area (Å²) >= 11 is 0. The Morgan fingerprint density at radius 1 is 0.647 bits per heavy atom. The van der Waals surface area contributed by atoms with Gasteiger partial charge in [0, 0.05) is 18.2 Å². The second-order valence-electron chi connectivity index (χ2n) is 21.0. The van der Waals surface area contributed by atoms with Crippen LogP contribution in [0.2, 0.25) is 0 Å². The number of allylic oxidation sites excluding steroid dienone is 6. The smallest absolute Gasteiger partial charge is 0.312 e. The van der Waals surface area contributed by atoms with Crippen LogP contribution in [0.15, 0.2) is 115 Å². The van der Waals surface area contributed by atoms with E-state index < -0.39 is 0 Å². The highest BCUT2D eigenvalue weighted by Crippen LogP contribution is 2.60. The van der Waals surface area contributed by atoms with E-state index >= 15 is 0 Å². The monoisotopic (exact) mass is 920 g/mol. The fraction of sp³-hybridized carbons (Fsp3) is 0.492. The highest BCUT2D eigenvalue weighted by Gasteiger charge is 2.55. The van der Waals surface area contributed by atoms with Crippen molar-refractivity contribution < 1.29 is 28.5 Å². The zero-order valence-corrected chi connectivity index (χ0v) is 41.8. The van der Waals surface area contributed by atoms with Crippen molar-refractivity contribution in [1.82, 2.24) is 0 Å². The number of carbonyl (C=O) groups excluding carboxylic acids is 1. The van der Waals surface area contributed by atoms with Crippen LogP contribution >= 0.6 is 0 Å². The molecule has 4 bridgehead atoms. The van der Waals surface area contributed by atoms with E-state index in [9.17, 15) is 4.79 Å². The summed E-state index contributed by atoms with van der Waals surface area (Å²) in [5.74, 6) is 5.66. The van der Waals surface area contributed by atoms with E-state index in [1.807, 2.05) is 24.3 Å². The minimum atomic E-state index is -0.167. The number of esters is 1. The molecular weight excluding hydrogens is 843 g/mol. The lowest BCUT2D eigenvalue weighted by atomic mass is 9.49. The van der Waals surface area contributed by atoms with Crippen LogP contribution in [-0.2, 0) is 32.0 Å². The molecule has 7 heteroatoms. The van der Waals surface area contributed by atoms with Crippen molar-refractivity contribution in [2.24, 2.45) is 23.2 Å². The van der Waals surface area contributed by atoms with Gasteiger partial charge in [0.1, 0.15) is 24.7 Å². The van der Waals surface area contributed by atoms with E-state index in [1.165, 1.54) is 58.2 Å². The lowest BCUT2D eigenvalue weighted by Gasteiger charge is -2.55. The number of carbonyl (C=O) groups is 1. The highest BCUT2D eigenvalue weighted by atomic mass is 16.6. The van der Waals surface area contributed by atoms with Crippen molar-refractivity contribution in [2.45, 2.75) is 123 Å². The molecule has 1 N–H and O–H groups in total.